The molecule has 0 bridgehead atoms. The van der Waals surface area contributed by atoms with Gasteiger partial charge in [-0.2, -0.15) is 11.8 Å². The van der Waals surface area contributed by atoms with Crippen molar-refractivity contribution in [3.63, 3.8) is 0 Å². The predicted octanol–water partition coefficient (Wildman–Crippen LogP) is 3.16. The Balaban J connectivity index is 2.37. The zero-order chi connectivity index (χ0) is 14.3. The molecule has 0 aliphatic carbocycles. The summed E-state index contributed by atoms with van der Waals surface area (Å²) in [7, 11) is 1.82. The summed E-state index contributed by atoms with van der Waals surface area (Å²) in [5.74, 6) is 1.39. The van der Waals surface area contributed by atoms with E-state index in [0.29, 0.717) is 5.92 Å². The van der Waals surface area contributed by atoms with Crippen LogP contribution in [0.1, 0.15) is 31.6 Å². The van der Waals surface area contributed by atoms with Gasteiger partial charge in [-0.05, 0) is 31.5 Å². The van der Waals surface area contributed by atoms with Crippen LogP contribution in [0.3, 0.4) is 0 Å². The molecule has 0 fully saturated rings. The summed E-state index contributed by atoms with van der Waals surface area (Å²) in [5.41, 5.74) is 0. The molecular weight excluding hydrogens is 274 g/mol. The van der Waals surface area contributed by atoms with E-state index in [2.05, 4.69) is 60.2 Å². The SMILES string of the molecule is CN=C(NCC(C)c1cccs1)NCC(C)(C)SC. The second kappa shape index (κ2) is 7.80. The van der Waals surface area contributed by atoms with E-state index in [1.807, 2.05) is 30.1 Å². The summed E-state index contributed by atoms with van der Waals surface area (Å²) >= 11 is 3.67. The number of guanidine groups is 1. The highest BCUT2D eigenvalue weighted by Crippen LogP contribution is 2.20. The van der Waals surface area contributed by atoms with E-state index in [0.717, 1.165) is 19.0 Å². The van der Waals surface area contributed by atoms with Gasteiger partial charge in [-0.3, -0.25) is 4.99 Å². The Bertz CT molecular complexity index is 385. The lowest BCUT2D eigenvalue weighted by molar-refractivity contribution is 0.652. The molecule has 3 nitrogen and oxygen atoms in total. The monoisotopic (exact) mass is 299 g/mol. The van der Waals surface area contributed by atoms with Crippen LogP contribution in [-0.2, 0) is 0 Å². The first-order valence-corrected chi connectivity index (χ1v) is 8.62. The number of thiophene rings is 1. The Hall–Kier alpha value is -0.680. The molecule has 0 saturated carbocycles. The van der Waals surface area contributed by atoms with Gasteiger partial charge in [0.15, 0.2) is 5.96 Å². The third-order valence-corrected chi connectivity index (χ3v) is 5.42. The van der Waals surface area contributed by atoms with Crippen molar-refractivity contribution in [2.75, 3.05) is 26.4 Å². The molecule has 2 N–H and O–H groups in total. The number of aliphatic imine (C=N–C) groups is 1. The van der Waals surface area contributed by atoms with Gasteiger partial charge in [-0.1, -0.05) is 13.0 Å². The molecule has 5 heteroatoms. The molecule has 1 aromatic heterocycles. The molecule has 1 unspecified atom stereocenters. The van der Waals surface area contributed by atoms with E-state index in [1.54, 1.807) is 0 Å². The molecule has 0 amide bonds. The minimum absolute atomic E-state index is 0.219. The molecule has 1 atom stereocenters. The highest BCUT2D eigenvalue weighted by molar-refractivity contribution is 7.99. The molecule has 0 aliphatic rings. The molecule has 1 rings (SSSR count). The van der Waals surface area contributed by atoms with Crippen molar-refractivity contribution in [1.29, 1.82) is 0 Å². The molecule has 19 heavy (non-hydrogen) atoms. The highest BCUT2D eigenvalue weighted by Gasteiger charge is 2.16. The van der Waals surface area contributed by atoms with Gasteiger partial charge in [0.2, 0.25) is 0 Å². The van der Waals surface area contributed by atoms with E-state index in [9.17, 15) is 0 Å². The quantitative estimate of drug-likeness (QED) is 0.626. The smallest absolute Gasteiger partial charge is 0.191 e. The van der Waals surface area contributed by atoms with Crippen LogP contribution in [0.2, 0.25) is 0 Å². The molecule has 0 aromatic carbocycles. The van der Waals surface area contributed by atoms with Gasteiger partial charge in [-0.15, -0.1) is 11.3 Å². The molecule has 0 saturated heterocycles. The van der Waals surface area contributed by atoms with Crippen molar-refractivity contribution in [2.45, 2.75) is 31.4 Å². The second-order valence-corrected chi connectivity index (χ2v) is 7.68. The van der Waals surface area contributed by atoms with Crippen LogP contribution in [0.5, 0.6) is 0 Å². The second-order valence-electron chi connectivity index (χ2n) is 5.19. The Labute approximate surface area is 125 Å². The van der Waals surface area contributed by atoms with Crippen molar-refractivity contribution in [3.05, 3.63) is 22.4 Å². The van der Waals surface area contributed by atoms with Crippen LogP contribution in [0, 0.1) is 0 Å². The van der Waals surface area contributed by atoms with Gasteiger partial charge in [0.25, 0.3) is 0 Å². The molecule has 0 radical (unpaired) electrons. The Kier molecular flexibility index (Phi) is 6.72. The minimum Gasteiger partial charge on any atom is -0.356 e. The van der Waals surface area contributed by atoms with Crippen LogP contribution in [0.4, 0.5) is 0 Å². The maximum atomic E-state index is 4.27. The first-order valence-electron chi connectivity index (χ1n) is 6.51. The Morgan fingerprint density at radius 2 is 2.21 bits per heavy atom. The van der Waals surface area contributed by atoms with Crippen molar-refractivity contribution in [3.8, 4) is 0 Å². The van der Waals surface area contributed by atoms with Crippen LogP contribution >= 0.6 is 23.1 Å². The largest absolute Gasteiger partial charge is 0.356 e. The van der Waals surface area contributed by atoms with Gasteiger partial charge >= 0.3 is 0 Å². The van der Waals surface area contributed by atoms with Gasteiger partial charge in [0.05, 0.1) is 0 Å². The third kappa shape index (κ3) is 5.87. The zero-order valence-corrected chi connectivity index (χ0v) is 14.1. The lowest BCUT2D eigenvalue weighted by atomic mass is 10.1. The average molecular weight is 300 g/mol. The minimum atomic E-state index is 0.219. The van der Waals surface area contributed by atoms with E-state index in [1.165, 1.54) is 4.88 Å². The summed E-state index contributed by atoms with van der Waals surface area (Å²) in [5, 5.41) is 8.90. The maximum Gasteiger partial charge on any atom is 0.191 e. The highest BCUT2D eigenvalue weighted by atomic mass is 32.2. The predicted molar refractivity (Wildman–Crippen MR) is 89.7 cm³/mol. The zero-order valence-electron chi connectivity index (χ0n) is 12.5. The van der Waals surface area contributed by atoms with Crippen molar-refractivity contribution in [2.24, 2.45) is 4.99 Å². The van der Waals surface area contributed by atoms with Gasteiger partial charge < -0.3 is 10.6 Å². The van der Waals surface area contributed by atoms with Crippen LogP contribution < -0.4 is 10.6 Å². The molecule has 0 aliphatic heterocycles. The normalized spacial score (nSPS) is 14.3. The van der Waals surface area contributed by atoms with E-state index in [4.69, 9.17) is 0 Å². The van der Waals surface area contributed by atoms with E-state index >= 15 is 0 Å². The number of rotatable bonds is 6. The third-order valence-electron chi connectivity index (χ3n) is 3.06. The van der Waals surface area contributed by atoms with Crippen LogP contribution in [-0.4, -0.2) is 37.1 Å². The lowest BCUT2D eigenvalue weighted by Crippen LogP contribution is -2.44. The molecule has 1 heterocycles. The molecule has 0 spiro atoms. The standard InChI is InChI=1S/C14H25N3S2/c1-11(12-7-6-8-19-12)9-16-13(15-4)17-10-14(2,3)18-5/h6-8,11H,9-10H2,1-5H3,(H2,15,16,17). The number of hydrogen-bond donors (Lipinski definition) is 2. The number of nitrogens with one attached hydrogen (secondary N) is 2. The number of hydrogen-bond acceptors (Lipinski definition) is 3. The summed E-state index contributed by atoms with van der Waals surface area (Å²) in [6, 6.07) is 4.29. The van der Waals surface area contributed by atoms with E-state index in [-0.39, 0.29) is 4.75 Å². The van der Waals surface area contributed by atoms with Crippen molar-refractivity contribution in [1.82, 2.24) is 10.6 Å². The van der Waals surface area contributed by atoms with Crippen LogP contribution in [0.25, 0.3) is 0 Å². The Morgan fingerprint density at radius 3 is 2.74 bits per heavy atom. The lowest BCUT2D eigenvalue weighted by Gasteiger charge is -2.24. The van der Waals surface area contributed by atoms with Crippen LogP contribution in [0.15, 0.2) is 22.5 Å². The summed E-state index contributed by atoms with van der Waals surface area (Å²) < 4.78 is 0.219. The van der Waals surface area contributed by atoms with E-state index < -0.39 is 0 Å². The first kappa shape index (κ1) is 16.4. The van der Waals surface area contributed by atoms with Crippen molar-refractivity contribution >= 4 is 29.1 Å². The first-order chi connectivity index (χ1) is 8.98. The number of thioether (sulfide) groups is 1. The summed E-state index contributed by atoms with van der Waals surface area (Å²) in [4.78, 5) is 5.68. The topological polar surface area (TPSA) is 36.4 Å². The fourth-order valence-corrected chi connectivity index (χ4v) is 2.51. The fraction of sp³-hybridized carbons (Fsp3) is 0.643. The average Bonchev–Trinajstić information content (AvgIpc) is 2.92. The number of nitrogens with zero attached hydrogens (tertiary/aromatic N) is 1. The molecular formula is C14H25N3S2. The summed E-state index contributed by atoms with van der Waals surface area (Å²) in [6.45, 7) is 8.50. The molecule has 1 aromatic rings. The molecule has 108 valence electrons. The van der Waals surface area contributed by atoms with Gasteiger partial charge in [0, 0.05) is 35.7 Å². The summed E-state index contributed by atoms with van der Waals surface area (Å²) in [6.07, 6.45) is 2.14. The van der Waals surface area contributed by atoms with Crippen molar-refractivity contribution < 1.29 is 0 Å². The van der Waals surface area contributed by atoms with Gasteiger partial charge in [-0.25, -0.2) is 0 Å². The fourth-order valence-electron chi connectivity index (χ4n) is 1.51. The maximum absolute atomic E-state index is 4.27. The van der Waals surface area contributed by atoms with Gasteiger partial charge in [0.1, 0.15) is 0 Å². The Morgan fingerprint density at radius 1 is 1.47 bits per heavy atom.